The van der Waals surface area contributed by atoms with Crippen molar-refractivity contribution in [2.75, 3.05) is 7.11 Å². The lowest BCUT2D eigenvalue weighted by atomic mass is 9.75. The van der Waals surface area contributed by atoms with E-state index in [1.165, 1.54) is 0 Å². The van der Waals surface area contributed by atoms with Gasteiger partial charge in [0, 0.05) is 5.92 Å². The number of alkyl halides is 15. The summed E-state index contributed by atoms with van der Waals surface area (Å²) >= 11 is 0. The van der Waals surface area contributed by atoms with Crippen LogP contribution in [0.3, 0.4) is 0 Å². The summed E-state index contributed by atoms with van der Waals surface area (Å²) in [5, 5.41) is 0. The lowest BCUT2D eigenvalue weighted by Gasteiger charge is -2.44. The van der Waals surface area contributed by atoms with E-state index in [2.05, 4.69) is 4.74 Å². The first-order valence-corrected chi connectivity index (χ1v) is 8.36. The summed E-state index contributed by atoms with van der Waals surface area (Å²) in [5.74, 6) is -51.5. The van der Waals surface area contributed by atoms with E-state index in [1.807, 2.05) is 0 Å². The summed E-state index contributed by atoms with van der Waals surface area (Å²) in [6.07, 6.45) is -11.4. The van der Waals surface area contributed by atoms with E-state index in [0.29, 0.717) is 0 Å². The van der Waals surface area contributed by atoms with Gasteiger partial charge in [0.15, 0.2) is 0 Å². The van der Waals surface area contributed by atoms with Gasteiger partial charge in [-0.2, -0.15) is 65.9 Å². The highest BCUT2D eigenvalue weighted by Crippen LogP contribution is 2.63. The number of esters is 1. The first-order valence-electron chi connectivity index (χ1n) is 8.36. The molecule has 1 fully saturated rings. The first-order chi connectivity index (χ1) is 13.9. The van der Waals surface area contributed by atoms with Crippen LogP contribution in [0.25, 0.3) is 0 Å². The average molecular weight is 510 g/mol. The van der Waals surface area contributed by atoms with Crippen molar-refractivity contribution in [1.82, 2.24) is 0 Å². The lowest BCUT2D eigenvalue weighted by molar-refractivity contribution is -0.455. The summed E-state index contributed by atoms with van der Waals surface area (Å²) in [4.78, 5) is 11.3. The number of ether oxygens (including phenoxy) is 1. The minimum atomic E-state index is -8.28. The van der Waals surface area contributed by atoms with Gasteiger partial charge in [-0.25, -0.2) is 0 Å². The van der Waals surface area contributed by atoms with Crippen molar-refractivity contribution < 1.29 is 75.4 Å². The molecule has 1 saturated carbocycles. The Morgan fingerprint density at radius 1 is 0.594 bits per heavy atom. The largest absolute Gasteiger partial charge is 0.469 e. The Morgan fingerprint density at radius 3 is 1.28 bits per heavy atom. The van der Waals surface area contributed by atoms with Gasteiger partial charge in [0.25, 0.3) is 0 Å². The third kappa shape index (κ3) is 3.86. The Labute approximate surface area is 169 Å². The molecule has 17 heteroatoms. The molecule has 0 aromatic heterocycles. The Kier molecular flexibility index (Phi) is 7.13. The van der Waals surface area contributed by atoms with Crippen LogP contribution in [0.2, 0.25) is 0 Å². The quantitative estimate of drug-likeness (QED) is 0.295. The zero-order chi connectivity index (χ0) is 25.8. The summed E-state index contributed by atoms with van der Waals surface area (Å²) < 4.78 is 202. The van der Waals surface area contributed by atoms with Gasteiger partial charge in [-0.3, -0.25) is 4.79 Å². The third-order valence-electron chi connectivity index (χ3n) is 5.13. The molecule has 0 aromatic carbocycles. The molecule has 0 spiro atoms. The highest BCUT2D eigenvalue weighted by molar-refractivity contribution is 5.72. The van der Waals surface area contributed by atoms with E-state index < -0.39 is 85.2 Å². The van der Waals surface area contributed by atoms with E-state index in [4.69, 9.17) is 0 Å². The van der Waals surface area contributed by atoms with E-state index in [1.54, 1.807) is 0 Å². The van der Waals surface area contributed by atoms with Crippen LogP contribution in [0.1, 0.15) is 25.7 Å². The molecule has 1 rings (SSSR count). The van der Waals surface area contributed by atoms with Crippen LogP contribution in [0, 0.1) is 11.8 Å². The summed E-state index contributed by atoms with van der Waals surface area (Å²) in [6.45, 7) is 0. The van der Waals surface area contributed by atoms with E-state index in [-0.39, 0.29) is 0 Å². The van der Waals surface area contributed by atoms with E-state index in [9.17, 15) is 70.7 Å². The Bertz CT molecular complexity index is 689. The standard InChI is InChI=1S/C15H13F15O2/c1-32-8(31)6-2-4-7(5-3-6)9(16,17)10(18,19)11(20,21)12(22,23)13(24,25)14(26,27)15(28,29)30/h6-7H,2-5H2,1H3. The van der Waals surface area contributed by atoms with Gasteiger partial charge in [-0.05, 0) is 25.7 Å². The van der Waals surface area contributed by atoms with Gasteiger partial charge in [0.1, 0.15) is 0 Å². The van der Waals surface area contributed by atoms with Crippen LogP contribution >= 0.6 is 0 Å². The Hall–Kier alpha value is -1.58. The fourth-order valence-corrected chi connectivity index (χ4v) is 3.09. The topological polar surface area (TPSA) is 26.3 Å². The second kappa shape index (κ2) is 8.02. The molecule has 0 aliphatic heterocycles. The second-order valence-corrected chi connectivity index (χ2v) is 7.06. The number of methoxy groups -OCH3 is 1. The number of halogens is 15. The smallest absolute Gasteiger partial charge is 0.460 e. The zero-order valence-electron chi connectivity index (χ0n) is 15.5. The fraction of sp³-hybridized carbons (Fsp3) is 0.933. The van der Waals surface area contributed by atoms with Crippen LogP contribution < -0.4 is 0 Å². The van der Waals surface area contributed by atoms with Gasteiger partial charge >= 0.3 is 47.7 Å². The lowest BCUT2D eigenvalue weighted by Crippen LogP contribution is -2.73. The predicted molar refractivity (Wildman–Crippen MR) is 73.2 cm³/mol. The molecular formula is C15H13F15O2. The molecule has 0 saturated heterocycles. The van der Waals surface area contributed by atoms with Gasteiger partial charge in [0.2, 0.25) is 0 Å². The maximum Gasteiger partial charge on any atom is 0.460 e. The minimum Gasteiger partial charge on any atom is -0.469 e. The molecule has 190 valence electrons. The van der Waals surface area contributed by atoms with Crippen molar-refractivity contribution in [2.45, 2.75) is 67.4 Å². The zero-order valence-corrected chi connectivity index (χ0v) is 15.5. The molecule has 1 aliphatic rings. The van der Waals surface area contributed by atoms with Crippen molar-refractivity contribution in [1.29, 1.82) is 0 Å². The van der Waals surface area contributed by atoms with Crippen LogP contribution in [0.5, 0.6) is 0 Å². The second-order valence-electron chi connectivity index (χ2n) is 7.06. The Morgan fingerprint density at radius 2 is 0.938 bits per heavy atom. The van der Waals surface area contributed by atoms with Crippen LogP contribution in [-0.2, 0) is 9.53 Å². The molecule has 32 heavy (non-hydrogen) atoms. The summed E-state index contributed by atoms with van der Waals surface area (Å²) in [7, 11) is 0.858. The van der Waals surface area contributed by atoms with E-state index >= 15 is 0 Å². The molecule has 2 nitrogen and oxygen atoms in total. The normalized spacial score (nSPS) is 22.6. The molecule has 0 bridgehead atoms. The highest BCUT2D eigenvalue weighted by Gasteiger charge is 2.93. The predicted octanol–water partition coefficient (Wildman–Crippen LogP) is 6.34. The van der Waals surface area contributed by atoms with Crippen LogP contribution in [0.15, 0.2) is 0 Å². The molecule has 0 aromatic rings. The maximum absolute atomic E-state index is 14.1. The molecule has 0 radical (unpaired) electrons. The van der Waals surface area contributed by atoms with Gasteiger partial charge in [-0.15, -0.1) is 0 Å². The van der Waals surface area contributed by atoms with Gasteiger partial charge in [-0.1, -0.05) is 0 Å². The SMILES string of the molecule is COC(=O)C1CCC(C(F)(F)C(F)(F)C(F)(F)C(F)(F)C(F)(F)C(F)(F)C(F)(F)F)CC1. The monoisotopic (exact) mass is 510 g/mol. The molecule has 1 aliphatic carbocycles. The van der Waals surface area contributed by atoms with Crippen molar-refractivity contribution in [3.63, 3.8) is 0 Å². The molecule has 0 heterocycles. The van der Waals surface area contributed by atoms with Crippen LogP contribution in [0.4, 0.5) is 65.9 Å². The highest BCUT2D eigenvalue weighted by atomic mass is 19.4. The van der Waals surface area contributed by atoms with Crippen molar-refractivity contribution in [3.8, 4) is 0 Å². The average Bonchev–Trinajstić information content (AvgIpc) is 2.65. The van der Waals surface area contributed by atoms with Gasteiger partial charge in [0.05, 0.1) is 13.0 Å². The number of rotatable bonds is 7. The number of carbonyl (C=O) groups excluding carboxylic acids is 1. The van der Waals surface area contributed by atoms with Crippen molar-refractivity contribution in [3.05, 3.63) is 0 Å². The summed E-state index contributed by atoms with van der Waals surface area (Å²) in [6, 6.07) is 0. The molecule has 0 unspecified atom stereocenters. The maximum atomic E-state index is 14.1. The first kappa shape index (κ1) is 28.5. The van der Waals surface area contributed by atoms with Gasteiger partial charge < -0.3 is 4.74 Å². The third-order valence-corrected chi connectivity index (χ3v) is 5.13. The van der Waals surface area contributed by atoms with Crippen molar-refractivity contribution in [2.24, 2.45) is 11.8 Å². The van der Waals surface area contributed by atoms with E-state index in [0.717, 1.165) is 7.11 Å². The molecule has 0 N–H and O–H groups in total. The summed E-state index contributed by atoms with van der Waals surface area (Å²) in [5.41, 5.74) is 0. The number of carbonyl (C=O) groups is 1. The minimum absolute atomic E-state index is 0.701. The van der Waals surface area contributed by atoms with Crippen LogP contribution in [-0.4, -0.2) is 54.8 Å². The fourth-order valence-electron chi connectivity index (χ4n) is 3.09. The number of hydrogen-bond acceptors (Lipinski definition) is 2. The molecule has 0 amide bonds. The molecular weight excluding hydrogens is 497 g/mol. The Balaban J connectivity index is 3.37. The van der Waals surface area contributed by atoms with Crippen molar-refractivity contribution >= 4 is 5.97 Å². The molecule has 0 atom stereocenters. The number of hydrogen-bond donors (Lipinski definition) is 0.